The van der Waals surface area contributed by atoms with Crippen molar-refractivity contribution in [1.29, 1.82) is 0 Å². The number of aliphatic hydroxyl groups excluding tert-OH is 1. The standard InChI is InChI=1S/C40H59N5O10/c1-11-31-40(7)34(45(38(51)55-40)18-13-12-17-44-21-29(42-23-44)28-15-14-16-41-20-28)25(3)32(47)24(2)19-39(6,52-10)35(54-37(50)30(46)22-43(8)9)26(4)33(48)27(5)36(49)53-31/h14-16,20-21,23-27,30-31,34-35,46H,11-13,17-19,22H2,1-10H3/t24-,25+,26+,27-,30?,31-,34?,35-,39+,40-/m1/s1. The Kier molecular flexibility index (Phi) is 14.4. The Labute approximate surface area is 324 Å². The van der Waals surface area contributed by atoms with E-state index in [0.29, 0.717) is 19.4 Å². The lowest BCUT2D eigenvalue weighted by molar-refractivity contribution is -0.190. The summed E-state index contributed by atoms with van der Waals surface area (Å²) in [5, 5.41) is 10.6. The summed E-state index contributed by atoms with van der Waals surface area (Å²) in [6.07, 6.45) is 4.25. The molecule has 304 valence electrons. The molecule has 1 amide bonds. The Balaban J connectivity index is 1.64. The van der Waals surface area contributed by atoms with Gasteiger partial charge in [0.2, 0.25) is 0 Å². The highest BCUT2D eigenvalue weighted by Gasteiger charge is 2.60. The molecule has 4 heterocycles. The molecule has 1 N–H and O–H groups in total. The number of esters is 2. The lowest BCUT2D eigenvalue weighted by Gasteiger charge is -2.43. The van der Waals surface area contributed by atoms with Crippen molar-refractivity contribution in [3.05, 3.63) is 37.1 Å². The number of imidazole rings is 1. The first kappa shape index (κ1) is 43.5. The van der Waals surface area contributed by atoms with E-state index in [4.69, 9.17) is 18.9 Å². The van der Waals surface area contributed by atoms with Gasteiger partial charge in [-0.25, -0.2) is 14.6 Å². The molecule has 2 aliphatic heterocycles. The zero-order valence-electron chi connectivity index (χ0n) is 33.9. The molecule has 0 aliphatic carbocycles. The summed E-state index contributed by atoms with van der Waals surface area (Å²) >= 11 is 0. The molecular weight excluding hydrogens is 710 g/mol. The fourth-order valence-electron chi connectivity index (χ4n) is 8.22. The van der Waals surface area contributed by atoms with E-state index in [2.05, 4.69) is 9.97 Å². The van der Waals surface area contributed by atoms with Crippen molar-refractivity contribution in [2.45, 2.75) is 116 Å². The molecule has 4 rings (SSSR count). The average Bonchev–Trinajstić information content (AvgIpc) is 3.73. The highest BCUT2D eigenvalue weighted by Crippen LogP contribution is 2.42. The number of pyridine rings is 1. The van der Waals surface area contributed by atoms with Gasteiger partial charge in [-0.2, -0.15) is 0 Å². The lowest BCUT2D eigenvalue weighted by atomic mass is 9.73. The van der Waals surface area contributed by atoms with Crippen LogP contribution in [0.25, 0.3) is 11.3 Å². The number of aliphatic hydroxyl groups is 1. The number of ether oxygens (including phenoxy) is 4. The van der Waals surface area contributed by atoms with E-state index in [0.717, 1.165) is 11.3 Å². The topological polar surface area (TPSA) is 180 Å². The monoisotopic (exact) mass is 769 g/mol. The van der Waals surface area contributed by atoms with Gasteiger partial charge in [0.15, 0.2) is 17.5 Å². The number of aromatic nitrogens is 3. The van der Waals surface area contributed by atoms with Crippen LogP contribution in [0.4, 0.5) is 4.79 Å². The van der Waals surface area contributed by atoms with Crippen LogP contribution < -0.4 is 0 Å². The molecule has 0 radical (unpaired) electrons. The number of Topliss-reactive ketones (excluding diaryl/α,β-unsaturated/α-hetero) is 2. The first-order valence-electron chi connectivity index (χ1n) is 19.2. The molecule has 0 aromatic carbocycles. The fourth-order valence-corrected chi connectivity index (χ4v) is 8.22. The minimum Gasteiger partial charge on any atom is -0.458 e. The maximum Gasteiger partial charge on any atom is 0.410 e. The van der Waals surface area contributed by atoms with Crippen LogP contribution >= 0.6 is 0 Å². The number of aryl methyl sites for hydroxylation is 1. The normalized spacial score (nSPS) is 31.4. The van der Waals surface area contributed by atoms with Gasteiger partial charge in [-0.15, -0.1) is 0 Å². The van der Waals surface area contributed by atoms with E-state index in [1.165, 1.54) is 21.0 Å². The average molecular weight is 770 g/mol. The smallest absolute Gasteiger partial charge is 0.410 e. The molecule has 0 spiro atoms. The predicted octanol–water partition coefficient (Wildman–Crippen LogP) is 3.95. The van der Waals surface area contributed by atoms with Crippen molar-refractivity contribution in [2.24, 2.45) is 23.7 Å². The summed E-state index contributed by atoms with van der Waals surface area (Å²) in [4.78, 5) is 81.1. The summed E-state index contributed by atoms with van der Waals surface area (Å²) in [6, 6.07) is 2.96. The number of carbonyl (C=O) groups excluding carboxylic acids is 5. The number of unbranched alkanes of at least 4 members (excludes halogenated alkanes) is 1. The van der Waals surface area contributed by atoms with Gasteiger partial charge in [0.25, 0.3) is 0 Å². The highest BCUT2D eigenvalue weighted by molar-refractivity contribution is 6.00. The number of hydrogen-bond donors (Lipinski definition) is 1. The maximum absolute atomic E-state index is 14.5. The molecule has 55 heavy (non-hydrogen) atoms. The Morgan fingerprint density at radius 1 is 1.07 bits per heavy atom. The van der Waals surface area contributed by atoms with Crippen molar-refractivity contribution >= 4 is 29.6 Å². The number of rotatable bonds is 12. The maximum atomic E-state index is 14.5. The fraction of sp³-hybridized carbons (Fsp3) is 0.675. The second-order valence-corrected chi connectivity index (χ2v) is 15.8. The number of ketones is 2. The van der Waals surface area contributed by atoms with Crippen molar-refractivity contribution in [2.75, 3.05) is 34.3 Å². The van der Waals surface area contributed by atoms with Gasteiger partial charge in [-0.05, 0) is 72.7 Å². The number of likely N-dealkylation sites (N-methyl/N-ethyl adjacent to an activating group) is 1. The molecule has 2 aliphatic rings. The van der Waals surface area contributed by atoms with Crippen LogP contribution in [0.3, 0.4) is 0 Å². The Hall–Kier alpha value is -4.21. The number of amides is 1. The summed E-state index contributed by atoms with van der Waals surface area (Å²) in [6.45, 7) is 12.4. The first-order valence-corrected chi connectivity index (χ1v) is 19.2. The second-order valence-electron chi connectivity index (χ2n) is 15.8. The molecule has 2 unspecified atom stereocenters. The minimum absolute atomic E-state index is 0.0201. The zero-order valence-corrected chi connectivity index (χ0v) is 33.9. The molecular formula is C40H59N5O10. The van der Waals surface area contributed by atoms with Crippen LogP contribution in [0.5, 0.6) is 0 Å². The van der Waals surface area contributed by atoms with Crippen LogP contribution in [-0.4, -0.2) is 129 Å². The van der Waals surface area contributed by atoms with Crippen LogP contribution in [0, 0.1) is 23.7 Å². The molecule has 2 aromatic heterocycles. The first-order chi connectivity index (χ1) is 25.9. The van der Waals surface area contributed by atoms with Crippen LogP contribution in [-0.2, 0) is 44.7 Å². The van der Waals surface area contributed by atoms with E-state index in [9.17, 15) is 29.1 Å². The number of hydrogen-bond acceptors (Lipinski definition) is 13. The van der Waals surface area contributed by atoms with Gasteiger partial charge < -0.3 is 38.4 Å². The number of nitrogens with zero attached hydrogens (tertiary/aromatic N) is 5. The third-order valence-electron chi connectivity index (χ3n) is 11.3. The summed E-state index contributed by atoms with van der Waals surface area (Å²) in [7, 11) is 4.77. The number of carbonyl (C=O) groups is 5. The molecule has 0 saturated carbocycles. The van der Waals surface area contributed by atoms with Gasteiger partial charge in [0.1, 0.15) is 29.5 Å². The van der Waals surface area contributed by atoms with Gasteiger partial charge in [-0.3, -0.25) is 19.4 Å². The van der Waals surface area contributed by atoms with Crippen molar-refractivity contribution in [1.82, 2.24) is 24.3 Å². The number of fused-ring (bicyclic) bond motifs is 1. The molecule has 2 saturated heterocycles. The van der Waals surface area contributed by atoms with Gasteiger partial charge in [-0.1, -0.05) is 27.7 Å². The molecule has 10 atom stereocenters. The van der Waals surface area contributed by atoms with Gasteiger partial charge in [0, 0.05) is 62.7 Å². The third-order valence-corrected chi connectivity index (χ3v) is 11.3. The molecule has 0 bridgehead atoms. The predicted molar refractivity (Wildman–Crippen MR) is 201 cm³/mol. The van der Waals surface area contributed by atoms with Crippen molar-refractivity contribution in [3.63, 3.8) is 0 Å². The number of cyclic esters (lactones) is 1. The molecule has 15 nitrogen and oxygen atoms in total. The Morgan fingerprint density at radius 2 is 1.76 bits per heavy atom. The van der Waals surface area contributed by atoms with E-state index >= 15 is 0 Å². The van der Waals surface area contributed by atoms with Crippen molar-refractivity contribution in [3.8, 4) is 11.3 Å². The quantitative estimate of drug-likeness (QED) is 0.142. The zero-order chi connectivity index (χ0) is 40.8. The Morgan fingerprint density at radius 3 is 2.38 bits per heavy atom. The minimum atomic E-state index is -1.52. The highest BCUT2D eigenvalue weighted by atomic mass is 16.6. The second kappa shape index (κ2) is 18.2. The van der Waals surface area contributed by atoms with Crippen LogP contribution in [0.15, 0.2) is 37.1 Å². The van der Waals surface area contributed by atoms with E-state index in [-0.39, 0.29) is 31.7 Å². The van der Waals surface area contributed by atoms with Gasteiger partial charge >= 0.3 is 18.0 Å². The summed E-state index contributed by atoms with van der Waals surface area (Å²) < 4.78 is 25.9. The molecule has 2 aromatic rings. The van der Waals surface area contributed by atoms with Crippen LogP contribution in [0.2, 0.25) is 0 Å². The summed E-state index contributed by atoms with van der Waals surface area (Å²) in [5.74, 6) is -6.50. The van der Waals surface area contributed by atoms with Crippen molar-refractivity contribution < 1.29 is 48.0 Å². The lowest BCUT2D eigenvalue weighted by Crippen LogP contribution is -2.59. The third kappa shape index (κ3) is 9.61. The SMILES string of the molecule is CC[C@H]1OC(=O)[C@H](C)C(=O)[C@H](C)[C@@H](OC(=O)C(O)CN(C)C)[C@@](C)(OC)C[C@@H](C)C(=O)[C@H](C)C2N(CCCCn3cnc(-c4cccnc4)c3)C(=O)O[C@@]21C. The Bertz CT molecular complexity index is 1670. The molecule has 15 heteroatoms. The number of methoxy groups -OCH3 is 1. The van der Waals surface area contributed by atoms with Crippen LogP contribution in [0.1, 0.15) is 74.1 Å². The summed E-state index contributed by atoms with van der Waals surface area (Å²) in [5.41, 5.74) is -1.13. The van der Waals surface area contributed by atoms with E-state index < -0.39 is 83.0 Å². The van der Waals surface area contributed by atoms with Gasteiger partial charge in [0.05, 0.1) is 24.0 Å². The van der Waals surface area contributed by atoms with E-state index in [1.807, 2.05) is 22.9 Å². The largest absolute Gasteiger partial charge is 0.458 e. The molecule has 2 fully saturated rings. The van der Waals surface area contributed by atoms with E-state index in [1.54, 1.807) is 77.2 Å².